The van der Waals surface area contributed by atoms with Crippen molar-refractivity contribution in [2.24, 2.45) is 0 Å². The largest absolute Gasteiger partial charge is 0.313 e. The number of fused-ring (bicyclic) bond motifs is 5. The van der Waals surface area contributed by atoms with Gasteiger partial charge < -0.3 is 4.90 Å². The zero-order valence-electron chi connectivity index (χ0n) is 17.2. The summed E-state index contributed by atoms with van der Waals surface area (Å²) in [7, 11) is 0. The van der Waals surface area contributed by atoms with Crippen molar-refractivity contribution < 1.29 is 14.4 Å². The van der Waals surface area contributed by atoms with Crippen LogP contribution in [-0.4, -0.2) is 49.8 Å². The second-order valence-electron chi connectivity index (χ2n) is 7.75. The number of amides is 3. The highest BCUT2D eigenvalue weighted by atomic mass is 16.2. The van der Waals surface area contributed by atoms with Crippen LogP contribution in [-0.2, 0) is 4.79 Å². The molecular weight excluding hydrogens is 410 g/mol. The number of unbranched alkanes of at least 4 members (excludes halogenated alkanes) is 2. The second kappa shape index (κ2) is 8.22. The van der Waals surface area contributed by atoms with Gasteiger partial charge >= 0.3 is 0 Å². The highest BCUT2D eigenvalue weighted by Gasteiger charge is 2.47. The van der Waals surface area contributed by atoms with E-state index in [9.17, 15) is 14.4 Å². The molecule has 0 bridgehead atoms. The lowest BCUT2D eigenvalue weighted by Gasteiger charge is -2.41. The monoisotopic (exact) mass is 431 g/mol. The second-order valence-corrected chi connectivity index (χ2v) is 7.75. The number of hydrogen-bond donors (Lipinski definition) is 2. The quantitative estimate of drug-likeness (QED) is 0.554. The predicted molar refractivity (Wildman–Crippen MR) is 115 cm³/mol. The fourth-order valence-corrected chi connectivity index (χ4v) is 4.35. The maximum absolute atomic E-state index is 13.3. The summed E-state index contributed by atoms with van der Waals surface area (Å²) in [5, 5.41) is 15.6. The summed E-state index contributed by atoms with van der Waals surface area (Å²) in [5.74, 6) is -0.206. The lowest BCUT2D eigenvalue weighted by molar-refractivity contribution is -0.116. The number of aromatic amines is 1. The van der Waals surface area contributed by atoms with Gasteiger partial charge in [0.15, 0.2) is 0 Å². The van der Waals surface area contributed by atoms with Crippen LogP contribution < -0.4 is 10.2 Å². The highest BCUT2D eigenvalue weighted by Crippen LogP contribution is 2.45. The Bertz CT molecular complexity index is 1180. The number of benzene rings is 2. The first-order valence-electron chi connectivity index (χ1n) is 10.5. The minimum absolute atomic E-state index is 0.0822. The summed E-state index contributed by atoms with van der Waals surface area (Å²) in [4.78, 5) is 41.9. The van der Waals surface area contributed by atoms with E-state index < -0.39 is 6.17 Å². The molecule has 0 saturated heterocycles. The van der Waals surface area contributed by atoms with Crippen molar-refractivity contribution in [3.63, 3.8) is 0 Å². The average molecular weight is 431 g/mol. The van der Waals surface area contributed by atoms with Crippen molar-refractivity contribution >= 4 is 29.4 Å². The van der Waals surface area contributed by atoms with Gasteiger partial charge in [0.25, 0.3) is 17.8 Å². The minimum Gasteiger partial charge on any atom is -0.313 e. The Hall–Kier alpha value is -4.08. The number of nitrogens with one attached hydrogen (secondary N) is 2. The number of carbonyl (C=O) groups excluding carboxylic acids is 3. The van der Waals surface area contributed by atoms with Crippen LogP contribution in [0.1, 0.15) is 58.1 Å². The molecule has 0 saturated carbocycles. The smallest absolute Gasteiger partial charge is 0.269 e. The molecule has 2 N–H and O–H groups in total. The first kappa shape index (κ1) is 19.9. The van der Waals surface area contributed by atoms with Gasteiger partial charge in [0.1, 0.15) is 6.17 Å². The normalized spacial score (nSPS) is 16.6. The molecule has 2 aromatic carbocycles. The summed E-state index contributed by atoms with van der Waals surface area (Å²) in [6, 6.07) is 14.7. The van der Waals surface area contributed by atoms with Crippen molar-refractivity contribution in [2.75, 3.05) is 16.8 Å². The van der Waals surface area contributed by atoms with Crippen molar-refractivity contribution in [1.29, 1.82) is 0 Å². The van der Waals surface area contributed by atoms with E-state index in [-0.39, 0.29) is 23.7 Å². The first-order chi connectivity index (χ1) is 15.6. The third-order valence-corrected chi connectivity index (χ3v) is 5.78. The molecule has 0 aliphatic carbocycles. The maximum atomic E-state index is 13.3. The van der Waals surface area contributed by atoms with E-state index in [1.807, 2.05) is 42.5 Å². The van der Waals surface area contributed by atoms with Crippen LogP contribution in [0.2, 0.25) is 0 Å². The maximum Gasteiger partial charge on any atom is 0.269 e. The molecule has 0 radical (unpaired) electrons. The van der Waals surface area contributed by atoms with Crippen LogP contribution in [0, 0.1) is 0 Å². The average Bonchev–Trinajstić information content (AvgIpc) is 3.42. The number of rotatable bonds is 7. The van der Waals surface area contributed by atoms with Gasteiger partial charge in [-0.1, -0.05) is 41.9 Å². The Morgan fingerprint density at radius 3 is 2.56 bits per heavy atom. The molecule has 1 aromatic heterocycles. The molecule has 3 aromatic rings. The van der Waals surface area contributed by atoms with Gasteiger partial charge in [0, 0.05) is 24.1 Å². The Kier molecular flexibility index (Phi) is 5.10. The molecule has 162 valence electrons. The summed E-state index contributed by atoms with van der Waals surface area (Å²) >= 11 is 0. The molecule has 32 heavy (non-hydrogen) atoms. The number of hydrogen-bond acceptors (Lipinski definition) is 6. The van der Waals surface area contributed by atoms with E-state index >= 15 is 0 Å². The van der Waals surface area contributed by atoms with Crippen LogP contribution in [0.3, 0.4) is 0 Å². The molecule has 0 fully saturated rings. The van der Waals surface area contributed by atoms with Gasteiger partial charge in [-0.15, -0.1) is 5.10 Å². The summed E-state index contributed by atoms with van der Waals surface area (Å²) in [5.41, 5.74) is 2.66. The van der Waals surface area contributed by atoms with Gasteiger partial charge in [-0.2, -0.15) is 5.21 Å². The third-order valence-electron chi connectivity index (χ3n) is 5.78. The molecule has 1 atom stereocenters. The number of para-hydroxylation sites is 1. The lowest BCUT2D eigenvalue weighted by atomic mass is 10.0. The molecule has 10 heteroatoms. The number of tetrazole rings is 1. The highest BCUT2D eigenvalue weighted by molar-refractivity contribution is 6.16. The Morgan fingerprint density at radius 1 is 0.969 bits per heavy atom. The fourth-order valence-electron chi connectivity index (χ4n) is 4.35. The molecule has 2 aliphatic rings. The summed E-state index contributed by atoms with van der Waals surface area (Å²) < 4.78 is 0. The molecule has 3 amide bonds. The van der Waals surface area contributed by atoms with E-state index in [2.05, 4.69) is 25.9 Å². The van der Waals surface area contributed by atoms with E-state index in [1.54, 1.807) is 15.9 Å². The predicted octanol–water partition coefficient (Wildman–Crippen LogP) is 2.51. The third kappa shape index (κ3) is 3.39. The Balaban J connectivity index is 1.28. The molecule has 5 rings (SSSR count). The van der Waals surface area contributed by atoms with Gasteiger partial charge in [0.05, 0.1) is 11.3 Å². The number of anilines is 2. The molecule has 2 aliphatic heterocycles. The minimum atomic E-state index is -0.442. The number of aromatic nitrogens is 4. The molecular formula is C22H21N7O3. The van der Waals surface area contributed by atoms with Gasteiger partial charge in [-0.05, 0) is 36.3 Å². The lowest BCUT2D eigenvalue weighted by Crippen LogP contribution is -2.48. The summed E-state index contributed by atoms with van der Waals surface area (Å²) in [6.07, 6.45) is 2.01. The van der Waals surface area contributed by atoms with E-state index in [0.29, 0.717) is 42.6 Å². The molecule has 0 spiro atoms. The number of carbonyl (C=O) groups is 3. The van der Waals surface area contributed by atoms with Crippen LogP contribution in [0.4, 0.5) is 11.6 Å². The zero-order valence-corrected chi connectivity index (χ0v) is 17.2. The van der Waals surface area contributed by atoms with Crippen LogP contribution >= 0.6 is 0 Å². The zero-order chi connectivity index (χ0) is 22.1. The van der Waals surface area contributed by atoms with Crippen molar-refractivity contribution in [1.82, 2.24) is 25.5 Å². The van der Waals surface area contributed by atoms with Crippen LogP contribution in [0.25, 0.3) is 0 Å². The Morgan fingerprint density at radius 2 is 1.75 bits per heavy atom. The standard InChI is InChI=1S/C22H21N7O3/c30-18(23-22-24-26-27-25-22)12-2-1-7-13-28-19-14-8-3-4-9-15(14)21(32)29(19)17-11-6-5-10-16(17)20(28)31/h3-6,8-11,19H,1-2,7,12-13H2,(H2,23,24,25,26,27,30). The molecule has 10 nitrogen and oxygen atoms in total. The number of nitrogens with zero attached hydrogens (tertiary/aromatic N) is 5. The van der Waals surface area contributed by atoms with Gasteiger partial charge in [0.2, 0.25) is 5.91 Å². The first-order valence-corrected chi connectivity index (χ1v) is 10.5. The van der Waals surface area contributed by atoms with E-state index in [0.717, 1.165) is 12.0 Å². The van der Waals surface area contributed by atoms with Gasteiger partial charge in [-0.3, -0.25) is 24.6 Å². The van der Waals surface area contributed by atoms with E-state index in [4.69, 9.17) is 0 Å². The SMILES string of the molecule is O=C(CCCCCN1C(=O)c2ccccc2N2C(=O)c3ccccc3C12)Nc1nn[nH]n1. The molecule has 3 heterocycles. The van der Waals surface area contributed by atoms with Crippen molar-refractivity contribution in [3.05, 3.63) is 65.2 Å². The van der Waals surface area contributed by atoms with Gasteiger partial charge in [-0.25, -0.2) is 0 Å². The van der Waals surface area contributed by atoms with E-state index in [1.165, 1.54) is 0 Å². The van der Waals surface area contributed by atoms with Crippen LogP contribution in [0.5, 0.6) is 0 Å². The fraction of sp³-hybridized carbons (Fsp3) is 0.273. The number of H-pyrrole nitrogens is 1. The summed E-state index contributed by atoms with van der Waals surface area (Å²) in [6.45, 7) is 0.489. The van der Waals surface area contributed by atoms with Crippen molar-refractivity contribution in [3.8, 4) is 0 Å². The topological polar surface area (TPSA) is 124 Å². The Labute approximate surface area is 183 Å². The molecule has 1 unspecified atom stereocenters. The van der Waals surface area contributed by atoms with Crippen LogP contribution in [0.15, 0.2) is 48.5 Å². The van der Waals surface area contributed by atoms with Crippen molar-refractivity contribution in [2.45, 2.75) is 31.8 Å².